The monoisotopic (exact) mass is 461 g/mol. The summed E-state index contributed by atoms with van der Waals surface area (Å²) in [6.45, 7) is 6.52. The molecule has 6 nitrogen and oxygen atoms in total. The number of hydrogen-bond donors (Lipinski definition) is 1. The Morgan fingerprint density at radius 1 is 1.16 bits per heavy atom. The number of anilines is 1. The van der Waals surface area contributed by atoms with E-state index in [0.29, 0.717) is 30.6 Å². The van der Waals surface area contributed by atoms with Gasteiger partial charge in [0.25, 0.3) is 0 Å². The van der Waals surface area contributed by atoms with Crippen molar-refractivity contribution in [2.75, 3.05) is 11.6 Å². The lowest BCUT2D eigenvalue weighted by Gasteiger charge is -2.60. The summed E-state index contributed by atoms with van der Waals surface area (Å²) in [5.74, 6) is 0.744. The van der Waals surface area contributed by atoms with Crippen LogP contribution in [0.3, 0.4) is 0 Å². The molecule has 2 bridgehead atoms. The highest BCUT2D eigenvalue weighted by Crippen LogP contribution is 2.60. The summed E-state index contributed by atoms with van der Waals surface area (Å²) in [7, 11) is 0. The van der Waals surface area contributed by atoms with Crippen LogP contribution in [0.1, 0.15) is 59.3 Å². The minimum atomic E-state index is -0.762. The number of ether oxygens (including phenoxy) is 2. The lowest BCUT2D eigenvalue weighted by molar-refractivity contribution is -0.571. The third kappa shape index (κ3) is 3.70. The second-order valence-electron chi connectivity index (χ2n) is 10.2. The average molecular weight is 462 g/mol. The maximum atomic E-state index is 12.8. The molecule has 7 heteroatoms. The summed E-state index contributed by atoms with van der Waals surface area (Å²) in [6.07, 6.45) is 6.72. The normalized spacial score (nSPS) is 42.8. The van der Waals surface area contributed by atoms with Crippen molar-refractivity contribution in [2.45, 2.75) is 88.0 Å². The summed E-state index contributed by atoms with van der Waals surface area (Å²) >= 11 is 1.63. The molecule has 5 aliphatic rings. The largest absolute Gasteiger partial charge is 0.346 e. The second kappa shape index (κ2) is 8.58. The minimum Gasteiger partial charge on any atom is -0.346 e. The summed E-state index contributed by atoms with van der Waals surface area (Å²) in [4.78, 5) is 25.9. The van der Waals surface area contributed by atoms with Crippen LogP contribution in [-0.4, -0.2) is 35.9 Å². The van der Waals surface area contributed by atoms with Gasteiger partial charge in [-0.05, 0) is 68.7 Å². The van der Waals surface area contributed by atoms with Gasteiger partial charge in [-0.2, -0.15) is 0 Å². The molecule has 32 heavy (non-hydrogen) atoms. The summed E-state index contributed by atoms with van der Waals surface area (Å²) in [5, 5.41) is 3.07. The average Bonchev–Trinajstić information content (AvgIpc) is 3.01. The van der Waals surface area contributed by atoms with Crippen LogP contribution < -0.4 is 5.32 Å². The van der Waals surface area contributed by atoms with E-state index in [1.54, 1.807) is 11.8 Å². The van der Waals surface area contributed by atoms with Gasteiger partial charge in [-0.25, -0.2) is 9.78 Å². The Morgan fingerprint density at radius 3 is 2.78 bits per heavy atom. The molecule has 4 aliphatic heterocycles. The van der Waals surface area contributed by atoms with Crippen molar-refractivity contribution in [1.82, 2.24) is 0 Å². The van der Waals surface area contributed by atoms with Crippen molar-refractivity contribution in [2.24, 2.45) is 23.7 Å². The highest BCUT2D eigenvalue weighted by Gasteiger charge is 2.69. The van der Waals surface area contributed by atoms with Crippen LogP contribution >= 0.6 is 11.8 Å². The van der Waals surface area contributed by atoms with Gasteiger partial charge in [0.1, 0.15) is 0 Å². The molecule has 8 atom stereocenters. The smallest absolute Gasteiger partial charge is 0.224 e. The molecule has 1 aromatic carbocycles. The van der Waals surface area contributed by atoms with E-state index in [2.05, 4.69) is 19.2 Å². The first-order chi connectivity index (χ1) is 15.4. The highest BCUT2D eigenvalue weighted by atomic mass is 32.2. The number of carbonyl (C=O) groups excluding carboxylic acids is 1. The molecular weight excluding hydrogens is 426 g/mol. The number of nitrogens with one attached hydrogen (secondary N) is 1. The molecule has 1 unspecified atom stereocenters. The topological polar surface area (TPSA) is 66.0 Å². The Labute approximate surface area is 195 Å². The number of fused-ring (bicyclic) bond motifs is 2. The standard InChI is InChI=1S/C25H35NO5S/c1-15-9-10-18-16(2)20(11-12-22(27)26-19-7-5-6-8-21(19)32-4)28-23-25(18)17(15)13-14-24(3,29-23)30-31-25/h5-8,15-18,20,23H,9-14H2,1-4H3,(H,26,27)/t15-,16-,17+,18+,20-,23-,24?,25-/m1/s1. The van der Waals surface area contributed by atoms with Gasteiger partial charge >= 0.3 is 0 Å². The van der Waals surface area contributed by atoms with Crippen LogP contribution in [-0.2, 0) is 24.0 Å². The number of rotatable bonds is 5. The Bertz CT molecular complexity index is 866. The Kier molecular flexibility index (Phi) is 6.08. The summed E-state index contributed by atoms with van der Waals surface area (Å²) in [6, 6.07) is 7.90. The third-order valence-corrected chi connectivity index (χ3v) is 9.13. The minimum absolute atomic E-state index is 0.0209. The van der Waals surface area contributed by atoms with Crippen LogP contribution in [0.2, 0.25) is 0 Å². The van der Waals surface area contributed by atoms with E-state index >= 15 is 0 Å². The van der Waals surface area contributed by atoms with Crippen molar-refractivity contribution >= 4 is 23.4 Å². The predicted octanol–water partition coefficient (Wildman–Crippen LogP) is 5.38. The fourth-order valence-corrected chi connectivity index (χ4v) is 7.10. The molecule has 1 amide bonds. The molecule has 0 aromatic heterocycles. The zero-order valence-electron chi connectivity index (χ0n) is 19.5. The van der Waals surface area contributed by atoms with Crippen LogP contribution in [0.5, 0.6) is 0 Å². The van der Waals surface area contributed by atoms with E-state index in [9.17, 15) is 4.79 Å². The van der Waals surface area contributed by atoms with Gasteiger partial charge in [0.05, 0.1) is 11.8 Å². The van der Waals surface area contributed by atoms with Crippen molar-refractivity contribution < 1.29 is 24.0 Å². The van der Waals surface area contributed by atoms with E-state index in [4.69, 9.17) is 19.2 Å². The molecule has 4 heterocycles. The van der Waals surface area contributed by atoms with Crippen molar-refractivity contribution in [1.29, 1.82) is 0 Å². The van der Waals surface area contributed by atoms with Gasteiger partial charge in [-0.3, -0.25) is 4.79 Å². The third-order valence-electron chi connectivity index (χ3n) is 8.33. The van der Waals surface area contributed by atoms with Crippen LogP contribution in [0, 0.1) is 23.7 Å². The fraction of sp³-hybridized carbons (Fsp3) is 0.720. The van der Waals surface area contributed by atoms with Gasteiger partial charge in [0, 0.05) is 23.7 Å². The van der Waals surface area contributed by atoms with Gasteiger partial charge in [0.2, 0.25) is 11.7 Å². The quantitative estimate of drug-likeness (QED) is 0.469. The fourth-order valence-electron chi connectivity index (χ4n) is 6.54. The first-order valence-electron chi connectivity index (χ1n) is 12.0. The number of para-hydroxylation sites is 1. The van der Waals surface area contributed by atoms with Crippen LogP contribution in [0.15, 0.2) is 29.2 Å². The van der Waals surface area contributed by atoms with Gasteiger partial charge < -0.3 is 14.8 Å². The predicted molar refractivity (Wildman–Crippen MR) is 123 cm³/mol. The Morgan fingerprint density at radius 2 is 1.97 bits per heavy atom. The lowest BCUT2D eigenvalue weighted by Crippen LogP contribution is -2.70. The van der Waals surface area contributed by atoms with Crippen LogP contribution in [0.4, 0.5) is 5.69 Å². The maximum absolute atomic E-state index is 12.8. The molecule has 1 N–H and O–H groups in total. The van der Waals surface area contributed by atoms with Crippen molar-refractivity contribution in [3.05, 3.63) is 24.3 Å². The van der Waals surface area contributed by atoms with E-state index < -0.39 is 17.7 Å². The first kappa shape index (κ1) is 22.7. The van der Waals surface area contributed by atoms with Gasteiger partial charge in [-0.1, -0.05) is 26.0 Å². The number of benzene rings is 1. The summed E-state index contributed by atoms with van der Waals surface area (Å²) in [5.41, 5.74) is 0.330. The zero-order valence-corrected chi connectivity index (χ0v) is 20.3. The Balaban J connectivity index is 1.31. The van der Waals surface area contributed by atoms with Crippen molar-refractivity contribution in [3.63, 3.8) is 0 Å². The number of carbonyl (C=O) groups is 1. The lowest BCUT2D eigenvalue weighted by atomic mass is 9.57. The van der Waals surface area contributed by atoms with E-state index in [1.807, 2.05) is 37.4 Å². The highest BCUT2D eigenvalue weighted by molar-refractivity contribution is 7.98. The van der Waals surface area contributed by atoms with Gasteiger partial charge in [0.15, 0.2) is 11.9 Å². The molecule has 176 valence electrons. The second-order valence-corrected chi connectivity index (χ2v) is 11.1. The van der Waals surface area contributed by atoms with E-state index in [0.717, 1.165) is 29.8 Å². The summed E-state index contributed by atoms with van der Waals surface area (Å²) < 4.78 is 13.0. The molecule has 1 saturated carbocycles. The maximum Gasteiger partial charge on any atom is 0.224 e. The number of hydrogen-bond acceptors (Lipinski definition) is 6. The van der Waals surface area contributed by atoms with Crippen molar-refractivity contribution in [3.8, 4) is 0 Å². The molecule has 1 spiro atoms. The molecule has 5 fully saturated rings. The Hall–Kier alpha value is -1.12. The molecule has 0 radical (unpaired) electrons. The number of amides is 1. The van der Waals surface area contributed by atoms with Gasteiger partial charge in [-0.15, -0.1) is 11.8 Å². The molecule has 1 aliphatic carbocycles. The van der Waals surface area contributed by atoms with E-state index in [1.165, 1.54) is 6.42 Å². The molecule has 6 rings (SSSR count). The SMILES string of the molecule is CSc1ccccc1NC(=O)CC[C@H]1O[C@@H]2OC3(C)CC[C@H]4[C@H](C)CC[C@@H]([C@H]1C)[C@@]24OO3. The number of thioether (sulfide) groups is 1. The first-order valence-corrected chi connectivity index (χ1v) is 13.2. The van der Waals surface area contributed by atoms with Crippen LogP contribution in [0.25, 0.3) is 0 Å². The molecule has 1 aromatic rings. The van der Waals surface area contributed by atoms with E-state index in [-0.39, 0.29) is 17.9 Å². The molecular formula is C25H35NO5S. The zero-order chi connectivity index (χ0) is 22.5. The molecule has 4 saturated heterocycles.